The number of thiocarbonyl (C=S) groups is 1. The van der Waals surface area contributed by atoms with Crippen LogP contribution in [0.15, 0.2) is 40.9 Å². The van der Waals surface area contributed by atoms with Crippen molar-refractivity contribution in [3.05, 3.63) is 57.8 Å². The molecule has 104 valence electrons. The zero-order valence-corrected chi connectivity index (χ0v) is 13.2. The normalized spacial score (nSPS) is 10.3. The van der Waals surface area contributed by atoms with Crippen LogP contribution in [0.5, 0.6) is 11.5 Å². The van der Waals surface area contributed by atoms with E-state index in [4.69, 9.17) is 22.7 Å². The van der Waals surface area contributed by atoms with Crippen LogP contribution in [0.4, 0.5) is 4.39 Å². The second-order valence-corrected chi connectivity index (χ2v) is 5.44. The van der Waals surface area contributed by atoms with Crippen LogP contribution in [0.1, 0.15) is 18.1 Å². The Morgan fingerprint density at radius 3 is 2.45 bits per heavy atom. The van der Waals surface area contributed by atoms with E-state index in [1.54, 1.807) is 6.07 Å². The quantitative estimate of drug-likeness (QED) is 0.817. The SMILES string of the molecule is CCc1ccc(Oc2ccc(C(N)=S)c(Br)c2F)cc1. The van der Waals surface area contributed by atoms with E-state index in [1.165, 1.54) is 11.6 Å². The van der Waals surface area contributed by atoms with Crippen LogP contribution in [0, 0.1) is 5.82 Å². The first-order valence-corrected chi connectivity index (χ1v) is 7.27. The standard InChI is InChI=1S/C15H13BrFNOS/c1-2-9-3-5-10(6-4-9)19-12-8-7-11(15(18)20)13(16)14(12)17/h3-8H,2H2,1H3,(H2,18,20). The molecule has 0 heterocycles. The Kier molecular flexibility index (Phi) is 4.73. The van der Waals surface area contributed by atoms with Gasteiger partial charge in [-0.2, -0.15) is 0 Å². The first-order valence-electron chi connectivity index (χ1n) is 6.07. The molecule has 5 heteroatoms. The molecule has 0 aliphatic carbocycles. The van der Waals surface area contributed by atoms with Crippen molar-refractivity contribution >= 4 is 33.1 Å². The highest BCUT2D eigenvalue weighted by Gasteiger charge is 2.14. The minimum atomic E-state index is -0.519. The average molecular weight is 354 g/mol. The molecule has 0 radical (unpaired) electrons. The number of ether oxygens (including phenoxy) is 1. The van der Waals surface area contributed by atoms with Crippen molar-refractivity contribution in [1.82, 2.24) is 0 Å². The molecule has 0 amide bonds. The largest absolute Gasteiger partial charge is 0.454 e. The highest BCUT2D eigenvalue weighted by atomic mass is 79.9. The maximum absolute atomic E-state index is 14.2. The molecule has 20 heavy (non-hydrogen) atoms. The fourth-order valence-electron chi connectivity index (χ4n) is 1.72. The molecule has 0 aromatic heterocycles. The Balaban J connectivity index is 2.29. The van der Waals surface area contributed by atoms with E-state index in [-0.39, 0.29) is 15.2 Å². The van der Waals surface area contributed by atoms with E-state index in [0.29, 0.717) is 11.3 Å². The Labute approximate surface area is 130 Å². The molecule has 2 aromatic rings. The molecule has 2 N–H and O–H groups in total. The third kappa shape index (κ3) is 3.16. The number of benzene rings is 2. The van der Waals surface area contributed by atoms with Gasteiger partial charge in [0.15, 0.2) is 11.6 Å². The van der Waals surface area contributed by atoms with Gasteiger partial charge < -0.3 is 10.5 Å². The molecule has 0 unspecified atom stereocenters. The Morgan fingerprint density at radius 2 is 1.90 bits per heavy atom. The van der Waals surface area contributed by atoms with Crippen molar-refractivity contribution in [2.24, 2.45) is 5.73 Å². The molecule has 0 atom stereocenters. The Bertz CT molecular complexity index is 643. The van der Waals surface area contributed by atoms with E-state index in [2.05, 4.69) is 22.9 Å². The van der Waals surface area contributed by atoms with Gasteiger partial charge >= 0.3 is 0 Å². The molecule has 0 bridgehead atoms. The van der Waals surface area contributed by atoms with Crippen LogP contribution in [-0.4, -0.2) is 4.99 Å². The van der Waals surface area contributed by atoms with Gasteiger partial charge in [0.25, 0.3) is 0 Å². The van der Waals surface area contributed by atoms with Gasteiger partial charge in [0.2, 0.25) is 0 Å². The topological polar surface area (TPSA) is 35.2 Å². The third-order valence-electron chi connectivity index (χ3n) is 2.87. The van der Waals surface area contributed by atoms with Gasteiger partial charge in [0.05, 0.1) is 4.47 Å². The van der Waals surface area contributed by atoms with E-state index in [0.717, 1.165) is 6.42 Å². The van der Waals surface area contributed by atoms with Crippen molar-refractivity contribution in [2.45, 2.75) is 13.3 Å². The molecule has 0 aliphatic heterocycles. The molecule has 2 nitrogen and oxygen atoms in total. The van der Waals surface area contributed by atoms with Crippen molar-refractivity contribution in [3.63, 3.8) is 0 Å². The van der Waals surface area contributed by atoms with Crippen molar-refractivity contribution in [1.29, 1.82) is 0 Å². The number of halogens is 2. The maximum atomic E-state index is 14.2. The second-order valence-electron chi connectivity index (χ2n) is 4.20. The summed E-state index contributed by atoms with van der Waals surface area (Å²) in [7, 11) is 0. The van der Waals surface area contributed by atoms with Gasteiger partial charge in [-0.3, -0.25) is 0 Å². The summed E-state index contributed by atoms with van der Waals surface area (Å²) in [6, 6.07) is 10.7. The summed E-state index contributed by atoms with van der Waals surface area (Å²) in [6.07, 6.45) is 0.947. The first kappa shape index (κ1) is 14.9. The van der Waals surface area contributed by atoms with E-state index in [1.807, 2.05) is 24.3 Å². The Morgan fingerprint density at radius 1 is 1.25 bits per heavy atom. The van der Waals surface area contributed by atoms with Crippen LogP contribution < -0.4 is 10.5 Å². The molecule has 2 rings (SSSR count). The van der Waals surface area contributed by atoms with Gasteiger partial charge in [-0.15, -0.1) is 0 Å². The van der Waals surface area contributed by atoms with Gasteiger partial charge in [0.1, 0.15) is 10.7 Å². The van der Waals surface area contributed by atoms with E-state index >= 15 is 0 Å². The lowest BCUT2D eigenvalue weighted by Gasteiger charge is -2.10. The van der Waals surface area contributed by atoms with Gasteiger partial charge in [-0.25, -0.2) is 4.39 Å². The predicted octanol–water partition coefficient (Wildman–Crippen LogP) is 4.58. The lowest BCUT2D eigenvalue weighted by Crippen LogP contribution is -2.11. The van der Waals surface area contributed by atoms with Crippen LogP contribution in [0.2, 0.25) is 0 Å². The average Bonchev–Trinajstić information content (AvgIpc) is 2.44. The Hall–Kier alpha value is -1.46. The molecule has 0 spiro atoms. The third-order valence-corrected chi connectivity index (χ3v) is 3.87. The number of hydrogen-bond donors (Lipinski definition) is 1. The van der Waals surface area contributed by atoms with Crippen molar-refractivity contribution < 1.29 is 9.13 Å². The monoisotopic (exact) mass is 353 g/mol. The van der Waals surface area contributed by atoms with Crippen LogP contribution >= 0.6 is 28.1 Å². The smallest absolute Gasteiger partial charge is 0.180 e. The second kappa shape index (κ2) is 6.33. The van der Waals surface area contributed by atoms with Gasteiger partial charge in [-0.1, -0.05) is 31.3 Å². The van der Waals surface area contributed by atoms with Crippen LogP contribution in [-0.2, 0) is 6.42 Å². The zero-order chi connectivity index (χ0) is 14.7. The summed E-state index contributed by atoms with van der Waals surface area (Å²) in [6.45, 7) is 2.07. The molecular weight excluding hydrogens is 341 g/mol. The lowest BCUT2D eigenvalue weighted by molar-refractivity contribution is 0.440. The van der Waals surface area contributed by atoms with Crippen LogP contribution in [0.25, 0.3) is 0 Å². The molecule has 0 fully saturated rings. The minimum absolute atomic E-state index is 0.126. The molecule has 0 saturated carbocycles. The number of hydrogen-bond acceptors (Lipinski definition) is 2. The van der Waals surface area contributed by atoms with E-state index in [9.17, 15) is 4.39 Å². The summed E-state index contributed by atoms with van der Waals surface area (Å²) >= 11 is 8.00. The van der Waals surface area contributed by atoms with Gasteiger partial charge in [-0.05, 0) is 52.2 Å². The summed E-state index contributed by atoms with van der Waals surface area (Å²) in [5.41, 5.74) is 7.16. The van der Waals surface area contributed by atoms with E-state index < -0.39 is 5.82 Å². The van der Waals surface area contributed by atoms with Crippen molar-refractivity contribution in [3.8, 4) is 11.5 Å². The summed E-state index contributed by atoms with van der Waals surface area (Å²) in [4.78, 5) is 0.134. The highest BCUT2D eigenvalue weighted by molar-refractivity contribution is 9.10. The minimum Gasteiger partial charge on any atom is -0.454 e. The zero-order valence-electron chi connectivity index (χ0n) is 10.8. The van der Waals surface area contributed by atoms with Crippen LogP contribution in [0.3, 0.4) is 0 Å². The highest BCUT2D eigenvalue weighted by Crippen LogP contribution is 2.31. The fraction of sp³-hybridized carbons (Fsp3) is 0.133. The maximum Gasteiger partial charge on any atom is 0.180 e. The molecular formula is C15H13BrFNOS. The summed E-state index contributed by atoms with van der Waals surface area (Å²) < 4.78 is 19.9. The van der Waals surface area contributed by atoms with Crippen molar-refractivity contribution in [2.75, 3.05) is 0 Å². The number of nitrogens with two attached hydrogens (primary N) is 1. The number of aryl methyl sites for hydroxylation is 1. The van der Waals surface area contributed by atoms with Gasteiger partial charge in [0, 0.05) is 5.56 Å². The molecule has 0 saturated heterocycles. The lowest BCUT2D eigenvalue weighted by atomic mass is 10.2. The summed E-state index contributed by atoms with van der Waals surface area (Å²) in [5.74, 6) is 0.187. The predicted molar refractivity (Wildman–Crippen MR) is 85.9 cm³/mol. The first-order chi connectivity index (χ1) is 9.52. The molecule has 2 aromatic carbocycles. The summed E-state index contributed by atoms with van der Waals surface area (Å²) in [5, 5.41) is 0. The molecule has 0 aliphatic rings. The number of rotatable bonds is 4. The fourth-order valence-corrected chi connectivity index (χ4v) is 2.56.